The summed E-state index contributed by atoms with van der Waals surface area (Å²) in [6.45, 7) is 5.33. The summed E-state index contributed by atoms with van der Waals surface area (Å²) in [4.78, 5) is 14.2. The SMILES string of the molecule is CCCN(CCC)C(=O)COc1ccc(C=NNc2ccc(C(F)(F)F)cc2)cc1OC. The zero-order chi connectivity index (χ0) is 23.6. The van der Waals surface area contributed by atoms with Gasteiger partial charge in [-0.05, 0) is 60.9 Å². The Balaban J connectivity index is 1.98. The lowest BCUT2D eigenvalue weighted by Gasteiger charge is -2.21. The molecule has 6 nitrogen and oxygen atoms in total. The van der Waals surface area contributed by atoms with Crippen molar-refractivity contribution < 1.29 is 27.4 Å². The minimum absolute atomic E-state index is 0.0814. The summed E-state index contributed by atoms with van der Waals surface area (Å²) in [7, 11) is 1.49. The lowest BCUT2D eigenvalue weighted by Crippen LogP contribution is -2.36. The molecule has 0 aliphatic carbocycles. The van der Waals surface area contributed by atoms with Gasteiger partial charge in [0.05, 0.1) is 24.6 Å². The quantitative estimate of drug-likeness (QED) is 0.377. The van der Waals surface area contributed by atoms with Gasteiger partial charge in [0.25, 0.3) is 5.91 Å². The average Bonchev–Trinajstić information content (AvgIpc) is 2.77. The summed E-state index contributed by atoms with van der Waals surface area (Å²) in [6, 6.07) is 9.66. The number of halogens is 3. The van der Waals surface area contributed by atoms with Crippen molar-refractivity contribution in [2.24, 2.45) is 5.10 Å². The fourth-order valence-electron chi connectivity index (χ4n) is 2.93. The summed E-state index contributed by atoms with van der Waals surface area (Å²) in [5, 5.41) is 4.03. The van der Waals surface area contributed by atoms with Crippen LogP contribution in [0.25, 0.3) is 0 Å². The van der Waals surface area contributed by atoms with Crippen LogP contribution in [0.2, 0.25) is 0 Å². The molecular weight excluding hydrogens is 423 g/mol. The Labute approximate surface area is 186 Å². The first-order chi connectivity index (χ1) is 15.3. The number of ether oxygens (including phenoxy) is 2. The Morgan fingerprint density at radius 2 is 1.72 bits per heavy atom. The standard InChI is InChI=1S/C23H28F3N3O3/c1-4-12-29(13-5-2)22(30)16-32-20-11-6-17(14-21(20)31-3)15-27-28-19-9-7-18(8-10-19)23(24,25)26/h6-11,14-15,28H,4-5,12-13,16H2,1-3H3. The minimum Gasteiger partial charge on any atom is -0.493 e. The molecule has 1 amide bonds. The van der Waals surface area contributed by atoms with Gasteiger partial charge in [-0.15, -0.1) is 0 Å². The molecule has 174 valence electrons. The third kappa shape index (κ3) is 7.47. The number of nitrogens with one attached hydrogen (secondary N) is 1. The molecule has 0 aromatic heterocycles. The van der Waals surface area contributed by atoms with Gasteiger partial charge < -0.3 is 14.4 Å². The first kappa shape index (κ1) is 25.0. The molecule has 0 fully saturated rings. The van der Waals surface area contributed by atoms with E-state index in [0.717, 1.165) is 25.0 Å². The van der Waals surface area contributed by atoms with Crippen molar-refractivity contribution in [2.45, 2.75) is 32.9 Å². The van der Waals surface area contributed by atoms with Crippen molar-refractivity contribution in [1.29, 1.82) is 0 Å². The molecule has 2 aromatic rings. The molecule has 0 saturated carbocycles. The number of hydrogen-bond donors (Lipinski definition) is 1. The fourth-order valence-corrected chi connectivity index (χ4v) is 2.93. The Hall–Kier alpha value is -3.23. The molecule has 0 heterocycles. The minimum atomic E-state index is -4.38. The van der Waals surface area contributed by atoms with Crippen LogP contribution in [-0.2, 0) is 11.0 Å². The van der Waals surface area contributed by atoms with Crippen molar-refractivity contribution in [3.63, 3.8) is 0 Å². The van der Waals surface area contributed by atoms with Crippen molar-refractivity contribution in [2.75, 3.05) is 32.2 Å². The highest BCUT2D eigenvalue weighted by atomic mass is 19.4. The molecule has 0 bridgehead atoms. The van der Waals surface area contributed by atoms with E-state index in [4.69, 9.17) is 9.47 Å². The van der Waals surface area contributed by atoms with Crippen LogP contribution >= 0.6 is 0 Å². The second kappa shape index (κ2) is 12.0. The van der Waals surface area contributed by atoms with E-state index in [-0.39, 0.29) is 12.5 Å². The van der Waals surface area contributed by atoms with Crippen molar-refractivity contribution >= 4 is 17.8 Å². The van der Waals surface area contributed by atoms with E-state index >= 15 is 0 Å². The molecule has 32 heavy (non-hydrogen) atoms. The molecule has 0 aliphatic heterocycles. The van der Waals surface area contributed by atoms with Gasteiger partial charge in [-0.3, -0.25) is 10.2 Å². The number of hydrogen-bond acceptors (Lipinski definition) is 5. The van der Waals surface area contributed by atoms with E-state index in [2.05, 4.69) is 10.5 Å². The molecule has 0 atom stereocenters. The van der Waals surface area contributed by atoms with Crippen LogP contribution in [0.5, 0.6) is 11.5 Å². The summed E-state index contributed by atoms with van der Waals surface area (Å²) in [5.74, 6) is 0.789. The Morgan fingerprint density at radius 1 is 1.06 bits per heavy atom. The zero-order valence-electron chi connectivity index (χ0n) is 18.4. The van der Waals surface area contributed by atoms with Crippen LogP contribution < -0.4 is 14.9 Å². The second-order valence-electron chi connectivity index (χ2n) is 7.02. The fraction of sp³-hybridized carbons (Fsp3) is 0.391. The second-order valence-corrected chi connectivity index (χ2v) is 7.02. The third-order valence-corrected chi connectivity index (χ3v) is 4.50. The number of alkyl halides is 3. The van der Waals surface area contributed by atoms with Crippen molar-refractivity contribution in [1.82, 2.24) is 4.90 Å². The van der Waals surface area contributed by atoms with Crippen molar-refractivity contribution in [3.8, 4) is 11.5 Å². The molecule has 0 unspecified atom stereocenters. The van der Waals surface area contributed by atoms with E-state index in [1.165, 1.54) is 25.5 Å². The number of hydrazone groups is 1. The van der Waals surface area contributed by atoms with E-state index in [1.54, 1.807) is 23.1 Å². The molecule has 1 N–H and O–H groups in total. The van der Waals surface area contributed by atoms with Gasteiger partial charge in [-0.2, -0.15) is 18.3 Å². The summed E-state index contributed by atoms with van der Waals surface area (Å²) >= 11 is 0. The van der Waals surface area contributed by atoms with Gasteiger partial charge >= 0.3 is 6.18 Å². The maximum Gasteiger partial charge on any atom is 0.416 e. The largest absolute Gasteiger partial charge is 0.493 e. The number of benzene rings is 2. The zero-order valence-corrected chi connectivity index (χ0v) is 18.4. The van der Waals surface area contributed by atoms with Crippen LogP contribution in [0.4, 0.5) is 18.9 Å². The average molecular weight is 451 g/mol. The third-order valence-electron chi connectivity index (χ3n) is 4.50. The van der Waals surface area contributed by atoms with E-state index < -0.39 is 11.7 Å². The highest BCUT2D eigenvalue weighted by molar-refractivity contribution is 5.82. The first-order valence-electron chi connectivity index (χ1n) is 10.3. The summed E-state index contributed by atoms with van der Waals surface area (Å²) in [6.07, 6.45) is -1.12. The van der Waals surface area contributed by atoms with Gasteiger partial charge in [-0.1, -0.05) is 13.8 Å². The lowest BCUT2D eigenvalue weighted by atomic mass is 10.2. The maximum atomic E-state index is 12.6. The molecule has 0 saturated heterocycles. The lowest BCUT2D eigenvalue weighted by molar-refractivity contribution is -0.137. The van der Waals surface area contributed by atoms with E-state index in [9.17, 15) is 18.0 Å². The molecule has 9 heteroatoms. The van der Waals surface area contributed by atoms with E-state index in [1.807, 2.05) is 13.8 Å². The predicted octanol–water partition coefficient (Wildman–Crippen LogP) is 5.19. The van der Waals surface area contributed by atoms with Crippen LogP contribution in [0.1, 0.15) is 37.8 Å². The molecule has 0 aliphatic rings. The number of anilines is 1. The molecule has 0 radical (unpaired) electrons. The predicted molar refractivity (Wildman–Crippen MR) is 118 cm³/mol. The van der Waals surface area contributed by atoms with Crippen molar-refractivity contribution in [3.05, 3.63) is 53.6 Å². The summed E-state index contributed by atoms with van der Waals surface area (Å²) in [5.41, 5.74) is 3.06. The van der Waals surface area contributed by atoms with Gasteiger partial charge in [0.15, 0.2) is 18.1 Å². The topological polar surface area (TPSA) is 63.2 Å². The Morgan fingerprint density at radius 3 is 2.28 bits per heavy atom. The van der Waals surface area contributed by atoms with Crippen LogP contribution in [-0.4, -0.2) is 43.8 Å². The number of carbonyl (C=O) groups is 1. The maximum absolute atomic E-state index is 12.6. The number of nitrogens with zero attached hydrogens (tertiary/aromatic N) is 2. The van der Waals surface area contributed by atoms with Gasteiger partial charge in [-0.25, -0.2) is 0 Å². The van der Waals surface area contributed by atoms with Crippen LogP contribution in [0, 0.1) is 0 Å². The van der Waals surface area contributed by atoms with Crippen LogP contribution in [0.15, 0.2) is 47.6 Å². The van der Waals surface area contributed by atoms with Gasteiger partial charge in [0.2, 0.25) is 0 Å². The molecule has 2 aromatic carbocycles. The highest BCUT2D eigenvalue weighted by Crippen LogP contribution is 2.30. The normalized spacial score (nSPS) is 11.4. The van der Waals surface area contributed by atoms with Gasteiger partial charge in [0, 0.05) is 13.1 Å². The van der Waals surface area contributed by atoms with Gasteiger partial charge in [0.1, 0.15) is 0 Å². The Kier molecular flexibility index (Phi) is 9.37. The Bertz CT molecular complexity index is 894. The monoisotopic (exact) mass is 451 g/mol. The highest BCUT2D eigenvalue weighted by Gasteiger charge is 2.29. The molecular formula is C23H28F3N3O3. The first-order valence-corrected chi connectivity index (χ1v) is 10.3. The van der Waals surface area contributed by atoms with E-state index in [0.29, 0.717) is 35.8 Å². The smallest absolute Gasteiger partial charge is 0.416 e. The number of carbonyl (C=O) groups excluding carboxylic acids is 1. The number of rotatable bonds is 11. The number of amides is 1. The van der Waals surface area contributed by atoms with Crippen LogP contribution in [0.3, 0.4) is 0 Å². The molecule has 2 rings (SSSR count). The number of methoxy groups -OCH3 is 1. The molecule has 0 spiro atoms. The summed E-state index contributed by atoms with van der Waals surface area (Å²) < 4.78 is 48.8.